The second kappa shape index (κ2) is 16.7. The van der Waals surface area contributed by atoms with Crippen LogP contribution in [0.1, 0.15) is 52.9 Å². The normalized spacial score (nSPS) is 17.2. The van der Waals surface area contributed by atoms with Crippen LogP contribution in [0.3, 0.4) is 0 Å². The second-order valence-electron chi connectivity index (χ2n) is 17.2. The highest BCUT2D eigenvalue weighted by Gasteiger charge is 2.32. The first-order valence-electron chi connectivity index (χ1n) is 20.5. The first kappa shape index (κ1) is 41.0. The number of hydrogen-bond donors (Lipinski definition) is 2. The zero-order valence-electron chi connectivity index (χ0n) is 34.7. The zero-order valence-corrected chi connectivity index (χ0v) is 37.2. The molecular formula is C43H54BrN10O4P. The van der Waals surface area contributed by atoms with Crippen molar-refractivity contribution >= 4 is 74.2 Å². The van der Waals surface area contributed by atoms with E-state index in [1.807, 2.05) is 74.1 Å². The summed E-state index contributed by atoms with van der Waals surface area (Å²) in [4.78, 5) is 33.8. The highest BCUT2D eigenvalue weighted by molar-refractivity contribution is 9.10. The van der Waals surface area contributed by atoms with Crippen LogP contribution in [0.5, 0.6) is 5.75 Å². The lowest BCUT2D eigenvalue weighted by Gasteiger charge is -2.43. The Bertz CT molecular complexity index is 2380. The molecule has 1 amide bonds. The fourth-order valence-corrected chi connectivity index (χ4v) is 9.87. The van der Waals surface area contributed by atoms with Crippen LogP contribution in [-0.4, -0.2) is 111 Å². The molecule has 3 fully saturated rings. The first-order valence-corrected chi connectivity index (χ1v) is 23.9. The van der Waals surface area contributed by atoms with Crippen LogP contribution in [0.15, 0.2) is 65.7 Å². The number of piperazine rings is 1. The van der Waals surface area contributed by atoms with Crippen molar-refractivity contribution in [2.24, 2.45) is 7.05 Å². The number of piperidine rings is 1. The number of carbonyl (C=O) groups excluding carboxylic acids is 1. The van der Waals surface area contributed by atoms with E-state index in [1.165, 1.54) is 0 Å². The predicted octanol–water partition coefficient (Wildman–Crippen LogP) is 8.38. The average Bonchev–Trinajstić information content (AvgIpc) is 3.62. The molecule has 2 N–H and O–H groups in total. The Hall–Kier alpha value is -4.72. The number of benzene rings is 2. The molecule has 0 atom stereocenters. The molecule has 0 unspecified atom stereocenters. The summed E-state index contributed by atoms with van der Waals surface area (Å²) < 4.78 is 28.5. The van der Waals surface area contributed by atoms with Gasteiger partial charge in [0.1, 0.15) is 24.3 Å². The minimum Gasteiger partial charge on any atom is -0.488 e. The predicted molar refractivity (Wildman–Crippen MR) is 239 cm³/mol. The van der Waals surface area contributed by atoms with Crippen molar-refractivity contribution in [3.05, 3.63) is 65.7 Å². The van der Waals surface area contributed by atoms with Crippen LogP contribution in [0.4, 0.5) is 33.6 Å². The molecule has 3 aliphatic rings. The van der Waals surface area contributed by atoms with Crippen molar-refractivity contribution in [2.75, 3.05) is 68.1 Å². The number of fused-ring (bicyclic) bond motifs is 1. The van der Waals surface area contributed by atoms with Gasteiger partial charge in [0.2, 0.25) is 5.95 Å². The lowest BCUT2D eigenvalue weighted by Crippen LogP contribution is -2.55. The highest BCUT2D eigenvalue weighted by Crippen LogP contribution is 2.44. The van der Waals surface area contributed by atoms with Crippen molar-refractivity contribution in [1.82, 2.24) is 34.5 Å². The number of amides is 1. The van der Waals surface area contributed by atoms with E-state index in [-0.39, 0.29) is 12.2 Å². The number of para-hydroxylation sites is 1. The molecule has 2 aliphatic heterocycles. The van der Waals surface area contributed by atoms with Crippen LogP contribution in [0, 0.1) is 0 Å². The zero-order chi connectivity index (χ0) is 41.5. The molecule has 8 rings (SSSR count). The van der Waals surface area contributed by atoms with Gasteiger partial charge in [0, 0.05) is 98.3 Å². The largest absolute Gasteiger partial charge is 0.488 e. The van der Waals surface area contributed by atoms with Gasteiger partial charge >= 0.3 is 6.09 Å². The summed E-state index contributed by atoms with van der Waals surface area (Å²) in [6.07, 6.45) is 12.5. The quantitative estimate of drug-likeness (QED) is 0.130. The minimum atomic E-state index is -2.73. The summed E-state index contributed by atoms with van der Waals surface area (Å²) in [7, 11) is -0.802. The lowest BCUT2D eigenvalue weighted by molar-refractivity contribution is 0.00901. The summed E-state index contributed by atoms with van der Waals surface area (Å²) in [6, 6.07) is 12.5. The third-order valence-corrected chi connectivity index (χ3v) is 13.4. The van der Waals surface area contributed by atoms with Crippen molar-refractivity contribution in [3.63, 3.8) is 0 Å². The van der Waals surface area contributed by atoms with Gasteiger partial charge in [-0.2, -0.15) is 10.1 Å². The molecule has 14 nitrogen and oxygen atoms in total. The Morgan fingerprint density at radius 2 is 1.66 bits per heavy atom. The van der Waals surface area contributed by atoms with E-state index in [0.29, 0.717) is 41.1 Å². The fourth-order valence-electron chi connectivity index (χ4n) is 8.12. The number of nitrogens with zero attached hydrogens (tertiary/aromatic N) is 8. The standard InChI is InChI=1S/C43H54BrN10O4P/c1-43(2,3)58-42(55)54-20-18-52(19-21-54)29-14-16-53(17-15-29)37-23-38(57-30-10-9-11-30)35(22-32(37)28-24-47-51(4)27-28)49-41-46-25-33(44)40(50-41)48-36-26-45-34-13-8-7-12-31(34)39(36)59(5,6)56/h7-8,12-13,22-27,29-30H,9-11,14-21H2,1-6H3,(H2,46,48,49,50). The lowest BCUT2D eigenvalue weighted by atomic mass is 9.95. The molecule has 1 aliphatic carbocycles. The van der Waals surface area contributed by atoms with Crippen LogP contribution in [0.2, 0.25) is 0 Å². The van der Waals surface area contributed by atoms with Crippen LogP contribution < -0.4 is 25.6 Å². The minimum absolute atomic E-state index is 0.137. The second-order valence-corrected chi connectivity index (χ2v) is 21.2. The van der Waals surface area contributed by atoms with Gasteiger partial charge in [0.15, 0.2) is 0 Å². The maximum absolute atomic E-state index is 13.7. The van der Waals surface area contributed by atoms with Crippen molar-refractivity contribution in [1.29, 1.82) is 0 Å². The summed E-state index contributed by atoms with van der Waals surface area (Å²) in [5.74, 6) is 1.63. The maximum Gasteiger partial charge on any atom is 0.410 e. The molecule has 0 radical (unpaired) electrons. The summed E-state index contributed by atoms with van der Waals surface area (Å²) >= 11 is 3.64. The van der Waals surface area contributed by atoms with Crippen molar-refractivity contribution in [3.8, 4) is 16.9 Å². The molecule has 2 aromatic carbocycles. The Labute approximate surface area is 354 Å². The van der Waals surface area contributed by atoms with E-state index < -0.39 is 12.7 Å². The molecule has 0 bridgehead atoms. The number of carbonyl (C=O) groups is 1. The van der Waals surface area contributed by atoms with Gasteiger partial charge in [-0.15, -0.1) is 0 Å². The van der Waals surface area contributed by atoms with Gasteiger partial charge in [-0.3, -0.25) is 14.6 Å². The molecule has 59 heavy (non-hydrogen) atoms. The van der Waals surface area contributed by atoms with Crippen molar-refractivity contribution in [2.45, 2.75) is 70.6 Å². The first-order chi connectivity index (χ1) is 28.2. The summed E-state index contributed by atoms with van der Waals surface area (Å²) in [6.45, 7) is 14.1. The Morgan fingerprint density at radius 3 is 2.32 bits per heavy atom. The van der Waals surface area contributed by atoms with Gasteiger partial charge in [-0.05, 0) is 94.3 Å². The maximum atomic E-state index is 13.7. The molecule has 1 saturated carbocycles. The van der Waals surface area contributed by atoms with Gasteiger partial charge in [0.05, 0.1) is 39.9 Å². The van der Waals surface area contributed by atoms with E-state index in [9.17, 15) is 9.36 Å². The molecule has 3 aromatic heterocycles. The van der Waals surface area contributed by atoms with Gasteiger partial charge in [-0.1, -0.05) is 18.2 Å². The molecule has 312 valence electrons. The van der Waals surface area contributed by atoms with Gasteiger partial charge in [-0.25, -0.2) is 9.78 Å². The van der Waals surface area contributed by atoms with Crippen LogP contribution >= 0.6 is 23.1 Å². The number of rotatable bonds is 10. The van der Waals surface area contributed by atoms with Gasteiger partial charge in [0.25, 0.3) is 0 Å². The highest BCUT2D eigenvalue weighted by atomic mass is 79.9. The van der Waals surface area contributed by atoms with E-state index in [4.69, 9.17) is 14.5 Å². The fraction of sp³-hybridized carbons (Fsp3) is 0.465. The number of aromatic nitrogens is 5. The van der Waals surface area contributed by atoms with E-state index in [2.05, 4.69) is 63.6 Å². The smallest absolute Gasteiger partial charge is 0.410 e. The van der Waals surface area contributed by atoms with Crippen molar-refractivity contribution < 1.29 is 18.8 Å². The number of anilines is 5. The number of nitrogens with one attached hydrogen (secondary N) is 2. The van der Waals surface area contributed by atoms with Crippen LogP contribution in [0.25, 0.3) is 22.0 Å². The monoisotopic (exact) mass is 884 g/mol. The van der Waals surface area contributed by atoms with E-state index in [0.717, 1.165) is 103 Å². The Balaban J connectivity index is 1.06. The number of hydrogen-bond acceptors (Lipinski definition) is 12. The topological polar surface area (TPSA) is 143 Å². The molecule has 0 spiro atoms. The SMILES string of the molecule is Cn1cc(-c2cc(Nc3ncc(Br)c(Nc4cnc5ccccc5c4P(C)(C)=O)n3)c(OC3CCC3)cc2N2CCC(N3CCN(C(=O)OC(C)(C)C)CC3)CC2)cn1. The number of halogens is 1. The number of pyridine rings is 1. The molecular weight excluding hydrogens is 831 g/mol. The third-order valence-electron chi connectivity index (χ3n) is 11.3. The molecule has 16 heteroatoms. The number of ether oxygens (including phenoxy) is 2. The van der Waals surface area contributed by atoms with E-state index >= 15 is 0 Å². The summed E-state index contributed by atoms with van der Waals surface area (Å²) in [5, 5.41) is 13.0. The Morgan fingerprint density at radius 1 is 0.915 bits per heavy atom. The third kappa shape index (κ3) is 9.37. The molecule has 5 heterocycles. The van der Waals surface area contributed by atoms with E-state index in [1.54, 1.807) is 25.7 Å². The molecule has 2 saturated heterocycles. The number of aryl methyl sites for hydroxylation is 1. The Kier molecular flexibility index (Phi) is 11.6. The summed E-state index contributed by atoms with van der Waals surface area (Å²) in [5.41, 5.74) is 4.81. The van der Waals surface area contributed by atoms with Crippen LogP contribution in [-0.2, 0) is 16.3 Å². The molecule has 5 aromatic rings. The average molecular weight is 886 g/mol. The van der Waals surface area contributed by atoms with Gasteiger partial charge < -0.3 is 34.5 Å².